The third-order valence-corrected chi connectivity index (χ3v) is 4.79. The van der Waals surface area contributed by atoms with Crippen molar-refractivity contribution in [3.63, 3.8) is 0 Å². The highest BCUT2D eigenvalue weighted by Gasteiger charge is 2.10. The molecule has 1 aliphatic heterocycles. The Morgan fingerprint density at radius 1 is 1.17 bits per heavy atom. The van der Waals surface area contributed by atoms with Gasteiger partial charge in [0.05, 0.1) is 18.7 Å². The number of anilines is 1. The molecule has 9 heteroatoms. The predicted molar refractivity (Wildman–Crippen MR) is 113 cm³/mol. The van der Waals surface area contributed by atoms with Crippen LogP contribution in [0.2, 0.25) is 0 Å². The van der Waals surface area contributed by atoms with Crippen molar-refractivity contribution in [1.29, 1.82) is 0 Å². The van der Waals surface area contributed by atoms with E-state index in [9.17, 15) is 4.79 Å². The minimum absolute atomic E-state index is 0.263. The number of benzene rings is 1. The van der Waals surface area contributed by atoms with Crippen molar-refractivity contribution < 1.29 is 14.3 Å². The van der Waals surface area contributed by atoms with Crippen LogP contribution in [0.25, 0.3) is 10.9 Å². The van der Waals surface area contributed by atoms with Crippen molar-refractivity contribution in [2.45, 2.75) is 0 Å². The zero-order chi connectivity index (χ0) is 20.8. The number of morpholine rings is 1. The molecule has 9 nitrogen and oxygen atoms in total. The third-order valence-electron chi connectivity index (χ3n) is 4.79. The molecule has 156 valence electrons. The molecule has 4 rings (SSSR count). The summed E-state index contributed by atoms with van der Waals surface area (Å²) in [7, 11) is 1.56. The average molecular weight is 408 g/mol. The first-order valence-corrected chi connectivity index (χ1v) is 9.88. The lowest BCUT2D eigenvalue weighted by molar-refractivity contribution is 0.0398. The summed E-state index contributed by atoms with van der Waals surface area (Å²) in [6.45, 7) is 5.23. The number of fused-ring (bicyclic) bond motifs is 1. The van der Waals surface area contributed by atoms with E-state index in [0.717, 1.165) is 50.3 Å². The van der Waals surface area contributed by atoms with Crippen molar-refractivity contribution in [1.82, 2.24) is 25.2 Å². The summed E-state index contributed by atoms with van der Waals surface area (Å²) in [5, 5.41) is 6.69. The molecule has 1 aromatic carbocycles. The number of hydrogen-bond donors (Lipinski definition) is 2. The van der Waals surface area contributed by atoms with Gasteiger partial charge in [-0.05, 0) is 24.3 Å². The number of pyridine rings is 1. The number of carbonyl (C=O) groups excluding carboxylic acids is 1. The van der Waals surface area contributed by atoms with Gasteiger partial charge in [-0.1, -0.05) is 0 Å². The molecule has 1 fully saturated rings. The Hall–Kier alpha value is -3.30. The number of nitrogens with one attached hydrogen (secondary N) is 2. The topological polar surface area (TPSA) is 102 Å². The number of ether oxygens (including phenoxy) is 2. The molecule has 1 saturated heterocycles. The zero-order valence-corrected chi connectivity index (χ0v) is 16.8. The van der Waals surface area contributed by atoms with E-state index >= 15 is 0 Å². The zero-order valence-electron chi connectivity index (χ0n) is 16.8. The van der Waals surface area contributed by atoms with Crippen LogP contribution >= 0.6 is 0 Å². The molecular formula is C21H24N6O3. The molecule has 0 atom stereocenters. The van der Waals surface area contributed by atoms with Gasteiger partial charge in [0.1, 0.15) is 17.2 Å². The highest BCUT2D eigenvalue weighted by atomic mass is 16.5. The van der Waals surface area contributed by atoms with Crippen molar-refractivity contribution in [3.8, 4) is 11.5 Å². The third kappa shape index (κ3) is 5.00. The molecule has 0 spiro atoms. The van der Waals surface area contributed by atoms with Crippen LogP contribution in [-0.2, 0) is 4.74 Å². The van der Waals surface area contributed by atoms with Crippen LogP contribution in [0.1, 0.15) is 10.5 Å². The predicted octanol–water partition coefficient (Wildman–Crippen LogP) is 1.92. The fraction of sp³-hybridized carbons (Fsp3) is 0.333. The normalized spacial score (nSPS) is 14.4. The van der Waals surface area contributed by atoms with E-state index in [1.165, 1.54) is 0 Å². The fourth-order valence-corrected chi connectivity index (χ4v) is 3.17. The molecule has 1 aliphatic rings. The Balaban J connectivity index is 1.39. The van der Waals surface area contributed by atoms with Crippen molar-refractivity contribution in [3.05, 3.63) is 48.4 Å². The minimum Gasteiger partial charge on any atom is -0.457 e. The summed E-state index contributed by atoms with van der Waals surface area (Å²) in [4.78, 5) is 27.1. The molecule has 0 radical (unpaired) electrons. The molecule has 2 N–H and O–H groups in total. The smallest absolute Gasteiger partial charge is 0.269 e. The molecule has 0 unspecified atom stereocenters. The second-order valence-electron chi connectivity index (χ2n) is 6.85. The maximum Gasteiger partial charge on any atom is 0.269 e. The minimum atomic E-state index is -0.263. The van der Waals surface area contributed by atoms with Crippen LogP contribution in [0.5, 0.6) is 11.5 Å². The Labute approximate surface area is 174 Å². The molecule has 1 amide bonds. The standard InChI is InChI=1S/C21H24N6O3/c1-22-20(28)19-13-17(4-5-23-19)30-16-2-3-18-15(12-16)14-25-21(26-18)24-6-7-27-8-10-29-11-9-27/h2-5,12-14H,6-11H2,1H3,(H,22,28)(H,24,25,26). The molecular weight excluding hydrogens is 384 g/mol. The Morgan fingerprint density at radius 2 is 2.00 bits per heavy atom. The van der Waals surface area contributed by atoms with Crippen molar-refractivity contribution >= 4 is 22.8 Å². The summed E-state index contributed by atoms with van der Waals surface area (Å²) in [5.41, 5.74) is 1.12. The van der Waals surface area contributed by atoms with Gasteiger partial charge in [-0.3, -0.25) is 14.7 Å². The summed E-state index contributed by atoms with van der Waals surface area (Å²) in [5.74, 6) is 1.51. The molecule has 3 heterocycles. The molecule has 0 aliphatic carbocycles. The highest BCUT2D eigenvalue weighted by Crippen LogP contribution is 2.25. The molecule has 3 aromatic rings. The van der Waals surface area contributed by atoms with Crippen molar-refractivity contribution in [2.24, 2.45) is 0 Å². The van der Waals surface area contributed by atoms with E-state index in [0.29, 0.717) is 23.1 Å². The van der Waals surface area contributed by atoms with Gasteiger partial charge in [-0.25, -0.2) is 9.97 Å². The van der Waals surface area contributed by atoms with Gasteiger partial charge in [0, 0.05) is 57.1 Å². The van der Waals surface area contributed by atoms with Gasteiger partial charge in [0.15, 0.2) is 0 Å². The van der Waals surface area contributed by atoms with Gasteiger partial charge in [-0.2, -0.15) is 0 Å². The Bertz CT molecular complexity index is 1020. The van der Waals surface area contributed by atoms with Crippen LogP contribution < -0.4 is 15.4 Å². The molecule has 0 bridgehead atoms. The van der Waals surface area contributed by atoms with E-state index in [2.05, 4.69) is 30.5 Å². The van der Waals surface area contributed by atoms with Crippen LogP contribution in [0.15, 0.2) is 42.7 Å². The highest BCUT2D eigenvalue weighted by molar-refractivity contribution is 5.92. The van der Waals surface area contributed by atoms with E-state index in [4.69, 9.17) is 9.47 Å². The fourth-order valence-electron chi connectivity index (χ4n) is 3.17. The van der Waals surface area contributed by atoms with E-state index in [1.807, 2.05) is 18.2 Å². The van der Waals surface area contributed by atoms with Crippen LogP contribution in [0.3, 0.4) is 0 Å². The number of rotatable bonds is 7. The van der Waals surface area contributed by atoms with Gasteiger partial charge in [-0.15, -0.1) is 0 Å². The lowest BCUT2D eigenvalue weighted by atomic mass is 10.2. The summed E-state index contributed by atoms with van der Waals surface area (Å²) in [6, 6.07) is 8.90. The van der Waals surface area contributed by atoms with E-state index < -0.39 is 0 Å². The Morgan fingerprint density at radius 3 is 2.83 bits per heavy atom. The quantitative estimate of drug-likeness (QED) is 0.612. The number of hydrogen-bond acceptors (Lipinski definition) is 8. The first-order chi connectivity index (χ1) is 14.7. The van der Waals surface area contributed by atoms with Crippen molar-refractivity contribution in [2.75, 3.05) is 51.8 Å². The summed E-state index contributed by atoms with van der Waals surface area (Å²) in [6.07, 6.45) is 3.31. The van der Waals surface area contributed by atoms with Gasteiger partial charge < -0.3 is 20.1 Å². The lowest BCUT2D eigenvalue weighted by Gasteiger charge is -2.26. The SMILES string of the molecule is CNC(=O)c1cc(Oc2ccc3nc(NCCN4CCOCC4)ncc3c2)ccn1. The number of nitrogens with zero attached hydrogens (tertiary/aromatic N) is 4. The molecule has 30 heavy (non-hydrogen) atoms. The maximum absolute atomic E-state index is 11.7. The van der Waals surface area contributed by atoms with Crippen LogP contribution in [0, 0.1) is 0 Å². The first-order valence-electron chi connectivity index (χ1n) is 9.88. The molecule has 0 saturated carbocycles. The number of amides is 1. The second-order valence-corrected chi connectivity index (χ2v) is 6.85. The lowest BCUT2D eigenvalue weighted by Crippen LogP contribution is -2.39. The van der Waals surface area contributed by atoms with Gasteiger partial charge >= 0.3 is 0 Å². The maximum atomic E-state index is 11.7. The van der Waals surface area contributed by atoms with Crippen LogP contribution in [-0.4, -0.2) is 72.2 Å². The number of aromatic nitrogens is 3. The van der Waals surface area contributed by atoms with Crippen LogP contribution in [0.4, 0.5) is 5.95 Å². The number of carbonyl (C=O) groups is 1. The second kappa shape index (κ2) is 9.47. The summed E-state index contributed by atoms with van der Waals surface area (Å²) < 4.78 is 11.2. The Kier molecular flexibility index (Phi) is 6.31. The van der Waals surface area contributed by atoms with E-state index in [-0.39, 0.29) is 5.91 Å². The average Bonchev–Trinajstić information content (AvgIpc) is 2.79. The summed E-state index contributed by atoms with van der Waals surface area (Å²) >= 11 is 0. The first kappa shape index (κ1) is 20.0. The largest absolute Gasteiger partial charge is 0.457 e. The monoisotopic (exact) mass is 408 g/mol. The molecule has 2 aromatic heterocycles. The van der Waals surface area contributed by atoms with Gasteiger partial charge in [0.2, 0.25) is 5.95 Å². The van der Waals surface area contributed by atoms with E-state index in [1.54, 1.807) is 31.6 Å². The van der Waals surface area contributed by atoms with Gasteiger partial charge in [0.25, 0.3) is 5.91 Å².